The number of aldehydes is 1. The van der Waals surface area contributed by atoms with Crippen LogP contribution in [-0.2, 0) is 24.4 Å². The monoisotopic (exact) mass is 645 g/mol. The number of likely N-dealkylation sites (tertiary alicyclic amines) is 1. The van der Waals surface area contributed by atoms with Crippen molar-refractivity contribution in [1.29, 1.82) is 0 Å². The highest BCUT2D eigenvalue weighted by Gasteiger charge is 2.22. The van der Waals surface area contributed by atoms with E-state index in [9.17, 15) is 23.2 Å². The molecule has 1 unspecified atom stereocenters. The molecule has 0 bridgehead atoms. The molecule has 2 aliphatic rings. The molecule has 14 heteroatoms. The van der Waals surface area contributed by atoms with Crippen molar-refractivity contribution in [2.45, 2.75) is 26.1 Å². The van der Waals surface area contributed by atoms with Gasteiger partial charge in [-0.25, -0.2) is 8.78 Å². The van der Waals surface area contributed by atoms with E-state index in [0.29, 0.717) is 66.3 Å². The smallest absolute Gasteiger partial charge is 0.251 e. The number of carbonyl (C=O) groups excluding carboxylic acids is 1. The molecule has 0 amide bonds. The van der Waals surface area contributed by atoms with E-state index in [2.05, 4.69) is 25.2 Å². The first-order valence-corrected chi connectivity index (χ1v) is 15.3. The summed E-state index contributed by atoms with van der Waals surface area (Å²) in [6.45, 7) is 5.83. The number of hydrogen-bond acceptors (Lipinski definition) is 10. The van der Waals surface area contributed by atoms with Crippen LogP contribution in [0.15, 0.2) is 70.6 Å². The van der Waals surface area contributed by atoms with Gasteiger partial charge in [-0.05, 0) is 37.6 Å². The number of pyridine rings is 5. The molecule has 12 nitrogen and oxygen atoms in total. The minimum absolute atomic E-state index is 0.0959. The summed E-state index contributed by atoms with van der Waals surface area (Å²) in [4.78, 5) is 48.8. The maximum Gasteiger partial charge on any atom is 0.251 e. The van der Waals surface area contributed by atoms with Gasteiger partial charge in [0.25, 0.3) is 11.1 Å². The zero-order chi connectivity index (χ0) is 32.8. The Kier molecular flexibility index (Phi) is 9.88. The van der Waals surface area contributed by atoms with Gasteiger partial charge < -0.3 is 29.1 Å². The normalized spacial score (nSPS) is 15.8. The Balaban J connectivity index is 0.000000215. The molecule has 1 atom stereocenters. The second kappa shape index (κ2) is 14.6. The van der Waals surface area contributed by atoms with Crippen LogP contribution in [0.4, 0.5) is 8.78 Å². The summed E-state index contributed by atoms with van der Waals surface area (Å²) in [7, 11) is 0. The van der Waals surface area contributed by atoms with Crippen molar-refractivity contribution < 1.29 is 23.0 Å². The molecule has 0 aliphatic carbocycles. The van der Waals surface area contributed by atoms with Gasteiger partial charge >= 0.3 is 0 Å². The van der Waals surface area contributed by atoms with Gasteiger partial charge in [0.05, 0.1) is 52.9 Å². The molecule has 5 aromatic heterocycles. The third kappa shape index (κ3) is 7.67. The molecule has 0 saturated carbocycles. The van der Waals surface area contributed by atoms with E-state index in [1.807, 2.05) is 6.07 Å². The van der Waals surface area contributed by atoms with Crippen molar-refractivity contribution in [1.82, 2.24) is 34.3 Å². The van der Waals surface area contributed by atoms with Gasteiger partial charge in [0.2, 0.25) is 0 Å². The summed E-state index contributed by atoms with van der Waals surface area (Å²) in [5, 5.41) is 3.49. The van der Waals surface area contributed by atoms with Crippen LogP contribution in [0.25, 0.3) is 22.1 Å². The van der Waals surface area contributed by atoms with Crippen molar-refractivity contribution >= 4 is 28.4 Å². The van der Waals surface area contributed by atoms with Gasteiger partial charge in [0.1, 0.15) is 31.1 Å². The zero-order valence-corrected chi connectivity index (χ0v) is 25.5. The van der Waals surface area contributed by atoms with Crippen molar-refractivity contribution in [2.75, 3.05) is 39.4 Å². The summed E-state index contributed by atoms with van der Waals surface area (Å²) in [5.41, 5.74) is 2.44. The van der Waals surface area contributed by atoms with Crippen LogP contribution < -0.4 is 25.9 Å². The van der Waals surface area contributed by atoms with Crippen molar-refractivity contribution in [3.8, 4) is 11.5 Å². The molecule has 0 aromatic carbocycles. The van der Waals surface area contributed by atoms with Gasteiger partial charge in [0.15, 0.2) is 11.5 Å². The summed E-state index contributed by atoms with van der Waals surface area (Å²) < 4.78 is 40.5. The Labute approximate surface area is 267 Å². The van der Waals surface area contributed by atoms with E-state index in [1.165, 1.54) is 41.1 Å². The third-order valence-electron chi connectivity index (χ3n) is 8.10. The minimum Gasteiger partial charge on any atom is -0.486 e. The largest absolute Gasteiger partial charge is 0.486 e. The van der Waals surface area contributed by atoms with Crippen LogP contribution in [0.1, 0.15) is 12.1 Å². The molecular weight excluding hydrogens is 612 g/mol. The maximum absolute atomic E-state index is 13.7. The van der Waals surface area contributed by atoms with Gasteiger partial charge in [-0.3, -0.25) is 29.1 Å². The Bertz CT molecular complexity index is 2020. The van der Waals surface area contributed by atoms with E-state index in [1.54, 1.807) is 16.8 Å². The molecule has 1 fully saturated rings. The zero-order valence-electron chi connectivity index (χ0n) is 25.5. The number of rotatable bonds is 9. The summed E-state index contributed by atoms with van der Waals surface area (Å²) >= 11 is 0. The van der Waals surface area contributed by atoms with Gasteiger partial charge in [-0.15, -0.1) is 0 Å². The van der Waals surface area contributed by atoms with E-state index in [-0.39, 0.29) is 17.7 Å². The number of nitrogens with zero attached hydrogens (tertiary/aromatic N) is 6. The Morgan fingerprint density at radius 3 is 2.19 bits per heavy atom. The highest BCUT2D eigenvalue weighted by atomic mass is 19.1. The summed E-state index contributed by atoms with van der Waals surface area (Å²) in [6, 6.07) is 10.4. The van der Waals surface area contributed by atoms with Gasteiger partial charge in [0, 0.05) is 56.5 Å². The van der Waals surface area contributed by atoms with Crippen LogP contribution in [0.5, 0.6) is 11.5 Å². The number of aromatic nitrogens is 5. The molecule has 244 valence electrons. The Hall–Kier alpha value is -5.08. The van der Waals surface area contributed by atoms with Crippen LogP contribution in [-0.4, -0.2) is 74.7 Å². The lowest BCUT2D eigenvalue weighted by Crippen LogP contribution is -2.31. The maximum atomic E-state index is 13.7. The molecule has 1 saturated heterocycles. The SMILES string of the molecule is O=CCn1c(=O)ccc2ncc(F)cc21.O=c1ccc2ncc(F)cc2n1CCN1CCC(CNCc2cc3c(cn2)OCCO3)C1. The quantitative estimate of drug-likeness (QED) is 0.239. The Morgan fingerprint density at radius 2 is 1.49 bits per heavy atom. The standard InChI is InChI=1S/C23H26FN5O3.C10H7FN2O2/c24-17-9-20-19(27-12-17)1-2-23(30)29(20)6-5-28-4-3-16(15-28)11-25-13-18-10-21-22(14-26-18)32-8-7-31-21;11-7-5-9-8(12-6-7)1-2-10(15)13(9)3-4-14/h1-2,9-10,12,14,16,25H,3-8,11,13,15H2;1-2,4-6H,3H2. The van der Waals surface area contributed by atoms with Gasteiger partial charge in [-0.1, -0.05) is 0 Å². The molecule has 47 heavy (non-hydrogen) atoms. The average Bonchev–Trinajstić information content (AvgIpc) is 3.53. The van der Waals surface area contributed by atoms with Crippen LogP contribution >= 0.6 is 0 Å². The Morgan fingerprint density at radius 1 is 0.830 bits per heavy atom. The van der Waals surface area contributed by atoms with Crippen molar-refractivity contribution in [3.63, 3.8) is 0 Å². The number of ether oxygens (including phenoxy) is 2. The molecule has 0 radical (unpaired) electrons. The number of halogens is 2. The summed E-state index contributed by atoms with van der Waals surface area (Å²) in [5.74, 6) is 1.03. The van der Waals surface area contributed by atoms with Gasteiger partial charge in [-0.2, -0.15) is 0 Å². The van der Waals surface area contributed by atoms with Crippen LogP contribution in [0.2, 0.25) is 0 Å². The van der Waals surface area contributed by atoms with Crippen LogP contribution in [0.3, 0.4) is 0 Å². The number of carbonyl (C=O) groups is 1. The average molecular weight is 646 g/mol. The summed E-state index contributed by atoms with van der Waals surface area (Å²) in [6.07, 6.45) is 5.65. The first kappa shape index (κ1) is 31.9. The van der Waals surface area contributed by atoms with Crippen molar-refractivity contribution in [2.24, 2.45) is 5.92 Å². The predicted octanol–water partition coefficient (Wildman–Crippen LogP) is 2.55. The van der Waals surface area contributed by atoms with Crippen LogP contribution in [0, 0.1) is 17.6 Å². The first-order valence-electron chi connectivity index (χ1n) is 15.3. The molecular formula is C33H33F2N7O5. The van der Waals surface area contributed by atoms with E-state index in [0.717, 1.165) is 50.2 Å². The van der Waals surface area contributed by atoms with E-state index < -0.39 is 11.6 Å². The number of nitrogens with one attached hydrogen (secondary N) is 1. The minimum atomic E-state index is -0.534. The molecule has 2 aliphatic heterocycles. The molecule has 5 aromatic rings. The molecule has 7 heterocycles. The number of fused-ring (bicyclic) bond motifs is 3. The second-order valence-corrected chi connectivity index (χ2v) is 11.3. The molecule has 7 rings (SSSR count). The lowest BCUT2D eigenvalue weighted by Gasteiger charge is -2.19. The second-order valence-electron chi connectivity index (χ2n) is 11.3. The highest BCUT2D eigenvalue weighted by Crippen LogP contribution is 2.29. The van der Waals surface area contributed by atoms with Crippen molar-refractivity contribution in [3.05, 3.63) is 99.1 Å². The molecule has 0 spiro atoms. The lowest BCUT2D eigenvalue weighted by atomic mass is 10.1. The fourth-order valence-electron chi connectivity index (χ4n) is 5.79. The highest BCUT2D eigenvalue weighted by molar-refractivity contribution is 5.75. The fourth-order valence-corrected chi connectivity index (χ4v) is 5.79. The molecule has 1 N–H and O–H groups in total. The number of hydrogen-bond donors (Lipinski definition) is 1. The van der Waals surface area contributed by atoms with E-state index >= 15 is 0 Å². The lowest BCUT2D eigenvalue weighted by molar-refractivity contribution is -0.108. The first-order chi connectivity index (χ1) is 22.9. The fraction of sp³-hybridized carbons (Fsp3) is 0.333. The van der Waals surface area contributed by atoms with E-state index in [4.69, 9.17) is 9.47 Å². The third-order valence-corrected chi connectivity index (χ3v) is 8.10. The topological polar surface area (TPSA) is 133 Å². The predicted molar refractivity (Wildman–Crippen MR) is 169 cm³/mol.